The van der Waals surface area contributed by atoms with Crippen molar-refractivity contribution in [2.45, 2.75) is 39.5 Å². The minimum atomic E-state index is -0.198. The highest BCUT2D eigenvalue weighted by Gasteiger charge is 2.38. The Labute approximate surface area is 168 Å². The smallest absolute Gasteiger partial charge is 0.228 e. The lowest BCUT2D eigenvalue weighted by Gasteiger charge is -2.33. The van der Waals surface area contributed by atoms with E-state index in [2.05, 4.69) is 18.3 Å². The third kappa shape index (κ3) is 4.82. The van der Waals surface area contributed by atoms with Gasteiger partial charge in [0.15, 0.2) is 0 Å². The van der Waals surface area contributed by atoms with Crippen LogP contribution < -0.4 is 10.2 Å². The van der Waals surface area contributed by atoms with Gasteiger partial charge in [-0.05, 0) is 69.8 Å². The number of amides is 2. The molecule has 0 saturated carbocycles. The number of hydrogen-bond acceptors (Lipinski definition) is 3. The van der Waals surface area contributed by atoms with Crippen molar-refractivity contribution in [2.24, 2.45) is 11.8 Å². The molecule has 0 aromatic heterocycles. The average molecular weight is 394 g/mol. The number of carbonyl (C=O) groups is 2. The molecule has 2 aliphatic rings. The summed E-state index contributed by atoms with van der Waals surface area (Å²) < 4.78 is 0. The van der Waals surface area contributed by atoms with E-state index in [1.54, 1.807) is 0 Å². The summed E-state index contributed by atoms with van der Waals surface area (Å²) in [5, 5.41) is 3.20. The molecule has 3 rings (SSSR count). The van der Waals surface area contributed by atoms with Crippen molar-refractivity contribution < 1.29 is 9.59 Å². The molecule has 6 heteroatoms. The number of aryl methyl sites for hydroxylation is 1. The summed E-state index contributed by atoms with van der Waals surface area (Å²) in [5.74, 6) is 0.749. The maximum atomic E-state index is 12.9. The van der Waals surface area contributed by atoms with Crippen molar-refractivity contribution in [1.82, 2.24) is 10.2 Å². The van der Waals surface area contributed by atoms with Crippen LogP contribution in [0.1, 0.15) is 36.8 Å². The fourth-order valence-electron chi connectivity index (χ4n) is 4.18. The zero-order valence-corrected chi connectivity index (χ0v) is 17.5. The highest BCUT2D eigenvalue weighted by Crippen LogP contribution is 2.31. The molecule has 2 aliphatic heterocycles. The molecule has 1 unspecified atom stereocenters. The summed E-state index contributed by atoms with van der Waals surface area (Å²) >= 11 is 0. The van der Waals surface area contributed by atoms with E-state index in [1.807, 2.05) is 35.9 Å². The molecule has 27 heavy (non-hydrogen) atoms. The van der Waals surface area contributed by atoms with Crippen LogP contribution in [0.25, 0.3) is 0 Å². The second-order valence-electron chi connectivity index (χ2n) is 7.79. The Balaban J connectivity index is 0.00000261. The number of anilines is 1. The number of piperidine rings is 1. The Kier molecular flexibility index (Phi) is 7.68. The van der Waals surface area contributed by atoms with Crippen LogP contribution in [-0.2, 0) is 9.59 Å². The van der Waals surface area contributed by atoms with Gasteiger partial charge < -0.3 is 15.1 Å². The van der Waals surface area contributed by atoms with Crippen molar-refractivity contribution >= 4 is 29.9 Å². The average Bonchev–Trinajstić information content (AvgIpc) is 3.03. The standard InChI is InChI=1S/C21H31N3O2.ClH/c1-15-5-4-6-19(16(15)2)24-14-18(13-20(24)25)21(26)23-11-8-17(9-12-23)7-10-22-3;/h4-6,17-18,22H,7-14H2,1-3H3;1H. The third-order valence-corrected chi connectivity index (χ3v) is 6.07. The van der Waals surface area contributed by atoms with Crippen molar-refractivity contribution in [3.8, 4) is 0 Å². The second kappa shape index (κ2) is 9.56. The minimum absolute atomic E-state index is 0. The van der Waals surface area contributed by atoms with E-state index in [-0.39, 0.29) is 30.1 Å². The fourth-order valence-corrected chi connectivity index (χ4v) is 4.18. The Morgan fingerprint density at radius 3 is 2.59 bits per heavy atom. The van der Waals surface area contributed by atoms with Crippen LogP contribution in [0, 0.1) is 25.7 Å². The monoisotopic (exact) mass is 393 g/mol. The number of halogens is 1. The topological polar surface area (TPSA) is 52.7 Å². The van der Waals surface area contributed by atoms with E-state index in [9.17, 15) is 9.59 Å². The zero-order valence-electron chi connectivity index (χ0n) is 16.7. The molecular formula is C21H32ClN3O2. The molecule has 5 nitrogen and oxygen atoms in total. The largest absolute Gasteiger partial charge is 0.342 e. The van der Waals surface area contributed by atoms with Gasteiger partial charge in [0.05, 0.1) is 5.92 Å². The van der Waals surface area contributed by atoms with Crippen molar-refractivity contribution in [1.29, 1.82) is 0 Å². The predicted octanol–water partition coefficient (Wildman–Crippen LogP) is 2.93. The molecule has 2 fully saturated rings. The molecule has 2 saturated heterocycles. The molecule has 0 spiro atoms. The number of rotatable bonds is 5. The van der Waals surface area contributed by atoms with Gasteiger partial charge in [0.2, 0.25) is 11.8 Å². The normalized spacial score (nSPS) is 20.7. The van der Waals surface area contributed by atoms with Gasteiger partial charge in [-0.25, -0.2) is 0 Å². The number of nitrogens with zero attached hydrogens (tertiary/aromatic N) is 2. The van der Waals surface area contributed by atoms with Gasteiger partial charge in [-0.2, -0.15) is 0 Å². The van der Waals surface area contributed by atoms with Gasteiger partial charge in [0.25, 0.3) is 0 Å². The summed E-state index contributed by atoms with van der Waals surface area (Å²) in [6, 6.07) is 6.02. The number of nitrogens with one attached hydrogen (secondary N) is 1. The Bertz CT molecular complexity index is 671. The van der Waals surface area contributed by atoms with Crippen LogP contribution in [0.3, 0.4) is 0 Å². The Morgan fingerprint density at radius 1 is 1.22 bits per heavy atom. The molecule has 2 heterocycles. The van der Waals surface area contributed by atoms with E-state index in [1.165, 1.54) is 12.0 Å². The highest BCUT2D eigenvalue weighted by molar-refractivity contribution is 6.00. The maximum absolute atomic E-state index is 12.9. The molecule has 1 aromatic carbocycles. The van der Waals surface area contributed by atoms with Crippen LogP contribution in [-0.4, -0.2) is 49.9 Å². The second-order valence-corrected chi connectivity index (χ2v) is 7.79. The Morgan fingerprint density at radius 2 is 1.93 bits per heavy atom. The molecule has 1 aromatic rings. The van der Waals surface area contributed by atoms with Crippen LogP contribution in [0.2, 0.25) is 0 Å². The number of carbonyl (C=O) groups excluding carboxylic acids is 2. The first-order valence-electron chi connectivity index (χ1n) is 9.81. The van der Waals surface area contributed by atoms with Gasteiger partial charge in [-0.3, -0.25) is 9.59 Å². The van der Waals surface area contributed by atoms with Crippen LogP contribution >= 0.6 is 12.4 Å². The summed E-state index contributed by atoms with van der Waals surface area (Å²) in [7, 11) is 1.98. The molecule has 150 valence electrons. The zero-order chi connectivity index (χ0) is 18.7. The number of benzene rings is 1. The predicted molar refractivity (Wildman–Crippen MR) is 111 cm³/mol. The van der Waals surface area contributed by atoms with E-state index in [0.717, 1.165) is 43.7 Å². The summed E-state index contributed by atoms with van der Waals surface area (Å²) in [6.07, 6.45) is 3.68. The molecular weight excluding hydrogens is 362 g/mol. The first-order valence-corrected chi connectivity index (χ1v) is 9.81. The SMILES string of the molecule is CNCCC1CCN(C(=O)C2CC(=O)N(c3cccc(C)c3C)C2)CC1.Cl. The minimum Gasteiger partial charge on any atom is -0.342 e. The van der Waals surface area contributed by atoms with Crippen LogP contribution in [0.4, 0.5) is 5.69 Å². The van der Waals surface area contributed by atoms with Gasteiger partial charge >= 0.3 is 0 Å². The Hall–Kier alpha value is -1.59. The fraction of sp³-hybridized carbons (Fsp3) is 0.619. The molecule has 0 bridgehead atoms. The van der Waals surface area contributed by atoms with Gasteiger partial charge in [-0.1, -0.05) is 12.1 Å². The lowest BCUT2D eigenvalue weighted by molar-refractivity contribution is -0.137. The van der Waals surface area contributed by atoms with E-state index < -0.39 is 0 Å². The van der Waals surface area contributed by atoms with Crippen molar-refractivity contribution in [2.75, 3.05) is 38.1 Å². The van der Waals surface area contributed by atoms with Crippen LogP contribution in [0.5, 0.6) is 0 Å². The third-order valence-electron chi connectivity index (χ3n) is 6.07. The molecule has 2 amide bonds. The number of likely N-dealkylation sites (tertiary alicyclic amines) is 1. The molecule has 0 aliphatic carbocycles. The first kappa shape index (κ1) is 21.7. The van der Waals surface area contributed by atoms with E-state index in [0.29, 0.717) is 18.9 Å². The number of hydrogen-bond donors (Lipinski definition) is 1. The summed E-state index contributed by atoms with van der Waals surface area (Å²) in [4.78, 5) is 29.3. The van der Waals surface area contributed by atoms with Gasteiger partial charge in [0.1, 0.15) is 0 Å². The van der Waals surface area contributed by atoms with E-state index in [4.69, 9.17) is 0 Å². The van der Waals surface area contributed by atoms with E-state index >= 15 is 0 Å². The quantitative estimate of drug-likeness (QED) is 0.836. The van der Waals surface area contributed by atoms with Crippen molar-refractivity contribution in [3.05, 3.63) is 29.3 Å². The lowest BCUT2D eigenvalue weighted by atomic mass is 9.92. The maximum Gasteiger partial charge on any atom is 0.228 e. The molecule has 1 N–H and O–H groups in total. The van der Waals surface area contributed by atoms with Gasteiger partial charge in [0, 0.05) is 31.7 Å². The summed E-state index contributed by atoms with van der Waals surface area (Å²) in [6.45, 7) is 7.33. The summed E-state index contributed by atoms with van der Waals surface area (Å²) in [5.41, 5.74) is 3.25. The molecule has 1 atom stereocenters. The van der Waals surface area contributed by atoms with Crippen molar-refractivity contribution in [3.63, 3.8) is 0 Å². The van der Waals surface area contributed by atoms with Gasteiger partial charge in [-0.15, -0.1) is 12.4 Å². The molecule has 0 radical (unpaired) electrons. The lowest BCUT2D eigenvalue weighted by Crippen LogP contribution is -2.42. The van der Waals surface area contributed by atoms with Crippen LogP contribution in [0.15, 0.2) is 18.2 Å². The highest BCUT2D eigenvalue weighted by atomic mass is 35.5. The first-order chi connectivity index (χ1) is 12.5.